The van der Waals surface area contributed by atoms with E-state index in [1.54, 1.807) is 52.9 Å². The molecule has 130 valence electrons. The van der Waals surface area contributed by atoms with Crippen molar-refractivity contribution >= 4 is 33.1 Å². The third-order valence-electron chi connectivity index (χ3n) is 3.25. The van der Waals surface area contributed by atoms with Crippen LogP contribution in [0.5, 0.6) is 0 Å². The Hall–Kier alpha value is -2.56. The number of pyridine rings is 1. The molecule has 0 saturated heterocycles. The van der Waals surface area contributed by atoms with Gasteiger partial charge in [-0.3, -0.25) is 9.78 Å². The van der Waals surface area contributed by atoms with Gasteiger partial charge in [0, 0.05) is 24.7 Å². The van der Waals surface area contributed by atoms with E-state index in [0.29, 0.717) is 5.82 Å². The van der Waals surface area contributed by atoms with Crippen molar-refractivity contribution < 1.29 is 13.2 Å². The summed E-state index contributed by atoms with van der Waals surface area (Å²) < 4.78 is 28.4. The second-order valence-corrected chi connectivity index (χ2v) is 8.00. The van der Waals surface area contributed by atoms with Crippen LogP contribution in [0.2, 0.25) is 0 Å². The Kier molecular flexibility index (Phi) is 4.93. The van der Waals surface area contributed by atoms with Crippen molar-refractivity contribution in [3.63, 3.8) is 0 Å². The van der Waals surface area contributed by atoms with Crippen LogP contribution in [0.3, 0.4) is 0 Å². The van der Waals surface area contributed by atoms with Crippen LogP contribution in [0, 0.1) is 0 Å². The average Bonchev–Trinajstić information content (AvgIpc) is 3.27. The summed E-state index contributed by atoms with van der Waals surface area (Å²) >= 11 is 1.09. The molecule has 0 radical (unpaired) electrons. The van der Waals surface area contributed by atoms with Gasteiger partial charge in [0.15, 0.2) is 5.82 Å². The smallest absolute Gasteiger partial charge is 0.250 e. The first-order valence-corrected chi connectivity index (χ1v) is 9.65. The molecule has 0 saturated carbocycles. The minimum atomic E-state index is -3.72. The second kappa shape index (κ2) is 7.13. The number of aromatic nitrogens is 3. The predicted molar refractivity (Wildman–Crippen MR) is 94.1 cm³/mol. The first-order valence-electron chi connectivity index (χ1n) is 7.28. The van der Waals surface area contributed by atoms with Crippen LogP contribution in [-0.2, 0) is 14.8 Å². The molecule has 0 fully saturated rings. The topological polar surface area (TPSA) is 106 Å². The van der Waals surface area contributed by atoms with Gasteiger partial charge in [-0.05, 0) is 30.5 Å². The van der Waals surface area contributed by atoms with Crippen LogP contribution in [0.4, 0.5) is 5.82 Å². The van der Waals surface area contributed by atoms with E-state index < -0.39 is 22.0 Å². The Bertz CT molecular complexity index is 952. The molecule has 3 heterocycles. The summed E-state index contributed by atoms with van der Waals surface area (Å²) in [6, 6.07) is 7.34. The van der Waals surface area contributed by atoms with Crippen molar-refractivity contribution in [3.8, 4) is 5.69 Å². The molecule has 0 aliphatic heterocycles. The molecule has 1 amide bonds. The zero-order valence-electron chi connectivity index (χ0n) is 13.2. The van der Waals surface area contributed by atoms with Gasteiger partial charge in [0.1, 0.15) is 4.21 Å². The molecule has 1 atom stereocenters. The van der Waals surface area contributed by atoms with Gasteiger partial charge in [-0.2, -0.15) is 9.82 Å². The maximum absolute atomic E-state index is 12.2. The van der Waals surface area contributed by atoms with Gasteiger partial charge in [-0.25, -0.2) is 13.1 Å². The molecule has 25 heavy (non-hydrogen) atoms. The molecule has 0 aliphatic rings. The van der Waals surface area contributed by atoms with Crippen LogP contribution in [0.1, 0.15) is 6.92 Å². The zero-order chi connectivity index (χ0) is 17.9. The number of hydrogen-bond donors (Lipinski definition) is 2. The third-order valence-corrected chi connectivity index (χ3v) is 6.19. The minimum absolute atomic E-state index is 0.161. The fourth-order valence-electron chi connectivity index (χ4n) is 2.03. The lowest BCUT2D eigenvalue weighted by Gasteiger charge is -2.12. The average molecular weight is 377 g/mol. The fourth-order valence-corrected chi connectivity index (χ4v) is 4.24. The molecule has 10 heteroatoms. The standard InChI is InChI=1S/C15H15N5O3S2/c1-11(19-25(22,23)14-3-2-10-24-14)15(21)17-13-6-9-20(18-13)12-4-7-16-8-5-12/h2-11,19H,1H3,(H,17,18,21). The largest absolute Gasteiger partial charge is 0.308 e. The van der Waals surface area contributed by atoms with Crippen LogP contribution in [0.15, 0.2) is 58.5 Å². The Morgan fingerprint density at radius 2 is 2.00 bits per heavy atom. The molecule has 0 aliphatic carbocycles. The van der Waals surface area contributed by atoms with Crippen molar-refractivity contribution in [1.29, 1.82) is 0 Å². The summed E-state index contributed by atoms with van der Waals surface area (Å²) in [6.07, 6.45) is 4.96. The summed E-state index contributed by atoms with van der Waals surface area (Å²) in [7, 11) is -3.72. The molecule has 2 N–H and O–H groups in total. The molecule has 3 aromatic heterocycles. The molecule has 0 aromatic carbocycles. The highest BCUT2D eigenvalue weighted by Gasteiger charge is 2.23. The number of sulfonamides is 1. The molecule has 3 rings (SSSR count). The molecule has 0 spiro atoms. The van der Waals surface area contributed by atoms with E-state index in [-0.39, 0.29) is 4.21 Å². The quantitative estimate of drug-likeness (QED) is 0.679. The molecule has 0 bridgehead atoms. The van der Waals surface area contributed by atoms with E-state index in [4.69, 9.17) is 0 Å². The number of amides is 1. The number of nitrogens with zero attached hydrogens (tertiary/aromatic N) is 3. The number of anilines is 1. The number of nitrogens with one attached hydrogen (secondary N) is 2. The lowest BCUT2D eigenvalue weighted by molar-refractivity contribution is -0.117. The van der Waals surface area contributed by atoms with Gasteiger partial charge in [-0.15, -0.1) is 11.3 Å². The highest BCUT2D eigenvalue weighted by molar-refractivity contribution is 7.91. The Morgan fingerprint density at radius 1 is 1.24 bits per heavy atom. The first kappa shape index (κ1) is 17.3. The van der Waals surface area contributed by atoms with Gasteiger partial charge >= 0.3 is 0 Å². The normalized spacial score (nSPS) is 12.7. The van der Waals surface area contributed by atoms with Crippen molar-refractivity contribution in [2.24, 2.45) is 0 Å². The maximum Gasteiger partial charge on any atom is 0.250 e. The van der Waals surface area contributed by atoms with E-state index in [0.717, 1.165) is 17.0 Å². The minimum Gasteiger partial charge on any atom is -0.308 e. The number of thiophene rings is 1. The Balaban J connectivity index is 1.65. The molecule has 1 unspecified atom stereocenters. The van der Waals surface area contributed by atoms with E-state index >= 15 is 0 Å². The summed E-state index contributed by atoms with van der Waals surface area (Å²) in [5, 5.41) is 8.48. The Labute approximate surface area is 148 Å². The predicted octanol–water partition coefficient (Wildman–Crippen LogP) is 1.63. The van der Waals surface area contributed by atoms with E-state index in [1.165, 1.54) is 13.0 Å². The van der Waals surface area contributed by atoms with E-state index in [2.05, 4.69) is 20.1 Å². The third kappa shape index (κ3) is 4.10. The highest BCUT2D eigenvalue weighted by atomic mass is 32.2. The molecule has 8 nitrogen and oxygen atoms in total. The van der Waals surface area contributed by atoms with Gasteiger partial charge in [0.2, 0.25) is 5.91 Å². The summed E-state index contributed by atoms with van der Waals surface area (Å²) in [5.41, 5.74) is 0.793. The second-order valence-electron chi connectivity index (χ2n) is 5.12. The van der Waals surface area contributed by atoms with Crippen LogP contribution in [0.25, 0.3) is 5.69 Å². The number of rotatable bonds is 6. The lowest BCUT2D eigenvalue weighted by atomic mass is 10.3. The molecular formula is C15H15N5O3S2. The zero-order valence-corrected chi connectivity index (χ0v) is 14.8. The Morgan fingerprint density at radius 3 is 2.68 bits per heavy atom. The van der Waals surface area contributed by atoms with Crippen LogP contribution < -0.4 is 10.0 Å². The van der Waals surface area contributed by atoms with E-state index in [1.807, 2.05) is 0 Å². The lowest BCUT2D eigenvalue weighted by Crippen LogP contribution is -2.41. The number of hydrogen-bond acceptors (Lipinski definition) is 6. The van der Waals surface area contributed by atoms with Crippen molar-refractivity contribution in [3.05, 3.63) is 54.3 Å². The van der Waals surface area contributed by atoms with Crippen molar-refractivity contribution in [1.82, 2.24) is 19.5 Å². The maximum atomic E-state index is 12.2. The molecular weight excluding hydrogens is 362 g/mol. The van der Waals surface area contributed by atoms with Crippen molar-refractivity contribution in [2.75, 3.05) is 5.32 Å². The van der Waals surface area contributed by atoms with E-state index in [9.17, 15) is 13.2 Å². The van der Waals surface area contributed by atoms with Crippen LogP contribution >= 0.6 is 11.3 Å². The van der Waals surface area contributed by atoms with Crippen molar-refractivity contribution in [2.45, 2.75) is 17.2 Å². The number of carbonyl (C=O) groups excluding carboxylic acids is 1. The fraction of sp³-hybridized carbons (Fsp3) is 0.133. The summed E-state index contributed by atoms with van der Waals surface area (Å²) in [5.74, 6) is -0.177. The van der Waals surface area contributed by atoms with Gasteiger partial charge in [-0.1, -0.05) is 6.07 Å². The van der Waals surface area contributed by atoms with Gasteiger partial charge < -0.3 is 5.32 Å². The summed E-state index contributed by atoms with van der Waals surface area (Å²) in [6.45, 7) is 1.47. The monoisotopic (exact) mass is 377 g/mol. The molecule has 3 aromatic rings. The number of carbonyl (C=O) groups is 1. The summed E-state index contributed by atoms with van der Waals surface area (Å²) in [4.78, 5) is 16.1. The van der Waals surface area contributed by atoms with Crippen LogP contribution in [-0.4, -0.2) is 35.1 Å². The highest BCUT2D eigenvalue weighted by Crippen LogP contribution is 2.16. The van der Waals surface area contributed by atoms with Gasteiger partial charge in [0.25, 0.3) is 10.0 Å². The SMILES string of the molecule is CC(NS(=O)(=O)c1cccs1)C(=O)Nc1ccn(-c2ccncc2)n1. The first-order chi connectivity index (χ1) is 12.0. The van der Waals surface area contributed by atoms with Gasteiger partial charge in [0.05, 0.1) is 11.7 Å².